The summed E-state index contributed by atoms with van der Waals surface area (Å²) in [5.41, 5.74) is 1.40. The molecule has 0 aromatic carbocycles. The van der Waals surface area contributed by atoms with Gasteiger partial charge in [0.2, 0.25) is 0 Å². The van der Waals surface area contributed by atoms with Crippen LogP contribution < -0.4 is 5.32 Å². The van der Waals surface area contributed by atoms with E-state index in [1.807, 2.05) is 6.20 Å². The third-order valence-corrected chi connectivity index (χ3v) is 3.33. The lowest BCUT2D eigenvalue weighted by Crippen LogP contribution is -2.27. The minimum Gasteiger partial charge on any atom is -0.314 e. The monoisotopic (exact) mass is 205 g/mol. The molecule has 2 rings (SSSR count). The van der Waals surface area contributed by atoms with Crippen molar-refractivity contribution in [2.24, 2.45) is 5.92 Å². The zero-order chi connectivity index (χ0) is 10.9. The van der Waals surface area contributed by atoms with Gasteiger partial charge in [-0.3, -0.25) is 9.97 Å². The Hall–Kier alpha value is -0.960. The van der Waals surface area contributed by atoms with E-state index in [2.05, 4.69) is 36.1 Å². The van der Waals surface area contributed by atoms with Crippen LogP contribution in [0.15, 0.2) is 18.6 Å². The van der Waals surface area contributed by atoms with Crippen molar-refractivity contribution in [3.63, 3.8) is 0 Å². The van der Waals surface area contributed by atoms with E-state index in [-0.39, 0.29) is 5.41 Å². The van der Waals surface area contributed by atoms with Gasteiger partial charge in [-0.05, 0) is 18.9 Å². The summed E-state index contributed by atoms with van der Waals surface area (Å²) >= 11 is 0. The first-order valence-corrected chi connectivity index (χ1v) is 5.63. The predicted molar refractivity (Wildman–Crippen MR) is 60.6 cm³/mol. The van der Waals surface area contributed by atoms with Crippen LogP contribution in [0.25, 0.3) is 0 Å². The van der Waals surface area contributed by atoms with E-state index in [9.17, 15) is 0 Å². The molecule has 1 aliphatic carbocycles. The van der Waals surface area contributed by atoms with Gasteiger partial charge in [0, 0.05) is 30.0 Å². The van der Waals surface area contributed by atoms with Crippen molar-refractivity contribution in [2.45, 2.75) is 38.6 Å². The van der Waals surface area contributed by atoms with Crippen LogP contribution in [-0.4, -0.2) is 22.6 Å². The van der Waals surface area contributed by atoms with Crippen molar-refractivity contribution in [1.29, 1.82) is 0 Å². The molecule has 0 saturated heterocycles. The molecule has 1 heterocycles. The van der Waals surface area contributed by atoms with Gasteiger partial charge in [-0.1, -0.05) is 20.8 Å². The summed E-state index contributed by atoms with van der Waals surface area (Å²) < 4.78 is 0. The van der Waals surface area contributed by atoms with Crippen LogP contribution in [0.4, 0.5) is 0 Å². The standard InChI is InChI=1S/C12H19N3/c1-9(2)15-7-10-6-12(10,3)11-8-13-4-5-14-11/h4-5,8-10,15H,6-7H2,1-3H3. The van der Waals surface area contributed by atoms with Gasteiger partial charge in [0.15, 0.2) is 0 Å². The molecule has 15 heavy (non-hydrogen) atoms. The summed E-state index contributed by atoms with van der Waals surface area (Å²) in [6, 6.07) is 0.566. The van der Waals surface area contributed by atoms with Gasteiger partial charge in [0.1, 0.15) is 0 Å². The fourth-order valence-electron chi connectivity index (χ4n) is 2.04. The molecule has 82 valence electrons. The van der Waals surface area contributed by atoms with Crippen LogP contribution in [0.3, 0.4) is 0 Å². The second-order valence-electron chi connectivity index (χ2n) is 4.97. The Morgan fingerprint density at radius 3 is 2.93 bits per heavy atom. The van der Waals surface area contributed by atoms with Crippen LogP contribution in [-0.2, 0) is 5.41 Å². The Morgan fingerprint density at radius 1 is 1.53 bits per heavy atom. The molecule has 1 N–H and O–H groups in total. The van der Waals surface area contributed by atoms with Gasteiger partial charge in [-0.2, -0.15) is 0 Å². The molecule has 1 fully saturated rings. The minimum atomic E-state index is 0.260. The van der Waals surface area contributed by atoms with E-state index in [4.69, 9.17) is 0 Å². The molecule has 1 aliphatic rings. The number of hydrogen-bond donors (Lipinski definition) is 1. The number of aromatic nitrogens is 2. The second kappa shape index (κ2) is 3.89. The topological polar surface area (TPSA) is 37.8 Å². The van der Waals surface area contributed by atoms with E-state index < -0.39 is 0 Å². The number of rotatable bonds is 4. The quantitative estimate of drug-likeness (QED) is 0.813. The van der Waals surface area contributed by atoms with Gasteiger partial charge >= 0.3 is 0 Å². The summed E-state index contributed by atoms with van der Waals surface area (Å²) in [5.74, 6) is 0.719. The fraction of sp³-hybridized carbons (Fsp3) is 0.667. The Morgan fingerprint density at radius 2 is 2.33 bits per heavy atom. The van der Waals surface area contributed by atoms with E-state index in [0.29, 0.717) is 6.04 Å². The van der Waals surface area contributed by atoms with Gasteiger partial charge in [-0.25, -0.2) is 0 Å². The first-order valence-electron chi connectivity index (χ1n) is 5.63. The molecule has 0 spiro atoms. The van der Waals surface area contributed by atoms with Gasteiger partial charge < -0.3 is 5.32 Å². The Balaban J connectivity index is 1.95. The van der Waals surface area contributed by atoms with Crippen LogP contribution >= 0.6 is 0 Å². The van der Waals surface area contributed by atoms with Gasteiger partial charge in [-0.15, -0.1) is 0 Å². The third-order valence-electron chi connectivity index (χ3n) is 3.33. The van der Waals surface area contributed by atoms with Crippen LogP contribution in [0.1, 0.15) is 32.9 Å². The van der Waals surface area contributed by atoms with Gasteiger partial charge in [0.25, 0.3) is 0 Å². The Labute approximate surface area is 91.3 Å². The number of nitrogens with zero attached hydrogens (tertiary/aromatic N) is 2. The lowest BCUT2D eigenvalue weighted by molar-refractivity contribution is 0.523. The van der Waals surface area contributed by atoms with E-state index in [1.165, 1.54) is 6.42 Å². The summed E-state index contributed by atoms with van der Waals surface area (Å²) in [5, 5.41) is 3.48. The summed E-state index contributed by atoms with van der Waals surface area (Å²) in [7, 11) is 0. The van der Waals surface area contributed by atoms with Crippen molar-refractivity contribution < 1.29 is 0 Å². The normalized spacial score (nSPS) is 29.5. The first-order chi connectivity index (χ1) is 7.13. The molecule has 3 nitrogen and oxygen atoms in total. The van der Waals surface area contributed by atoms with Gasteiger partial charge in [0.05, 0.1) is 5.69 Å². The highest BCUT2D eigenvalue weighted by Crippen LogP contribution is 2.52. The van der Waals surface area contributed by atoms with Crippen molar-refractivity contribution in [3.8, 4) is 0 Å². The minimum absolute atomic E-state index is 0.260. The lowest BCUT2D eigenvalue weighted by atomic mass is 10.0. The fourth-order valence-corrected chi connectivity index (χ4v) is 2.04. The molecule has 1 aromatic heterocycles. The smallest absolute Gasteiger partial charge is 0.0648 e. The molecular weight excluding hydrogens is 186 g/mol. The Kier molecular flexibility index (Phi) is 2.74. The molecule has 2 atom stereocenters. The average Bonchev–Trinajstić information content (AvgIpc) is 2.90. The average molecular weight is 205 g/mol. The van der Waals surface area contributed by atoms with Crippen molar-refractivity contribution in [1.82, 2.24) is 15.3 Å². The summed E-state index contributed by atoms with van der Waals surface area (Å²) in [6.45, 7) is 7.73. The van der Waals surface area contributed by atoms with Crippen molar-refractivity contribution >= 4 is 0 Å². The Bertz CT molecular complexity index is 323. The lowest BCUT2D eigenvalue weighted by Gasteiger charge is -2.12. The highest BCUT2D eigenvalue weighted by molar-refractivity contribution is 5.24. The maximum atomic E-state index is 4.40. The summed E-state index contributed by atoms with van der Waals surface area (Å²) in [6.07, 6.45) is 6.64. The molecule has 0 bridgehead atoms. The maximum absolute atomic E-state index is 4.40. The zero-order valence-corrected chi connectivity index (χ0v) is 9.70. The highest BCUT2D eigenvalue weighted by Gasteiger charge is 2.51. The van der Waals surface area contributed by atoms with Crippen molar-refractivity contribution in [3.05, 3.63) is 24.3 Å². The van der Waals surface area contributed by atoms with E-state index in [1.54, 1.807) is 12.4 Å². The van der Waals surface area contributed by atoms with Crippen LogP contribution in [0.5, 0.6) is 0 Å². The molecular formula is C12H19N3. The molecule has 0 radical (unpaired) electrons. The highest BCUT2D eigenvalue weighted by atomic mass is 14.9. The molecule has 3 heteroatoms. The molecule has 0 amide bonds. The third kappa shape index (κ3) is 2.17. The molecule has 0 aliphatic heterocycles. The molecule has 1 aromatic rings. The van der Waals surface area contributed by atoms with Crippen LogP contribution in [0.2, 0.25) is 0 Å². The molecule has 2 unspecified atom stereocenters. The van der Waals surface area contributed by atoms with Crippen LogP contribution in [0, 0.1) is 5.92 Å². The number of hydrogen-bond acceptors (Lipinski definition) is 3. The second-order valence-corrected chi connectivity index (χ2v) is 4.97. The maximum Gasteiger partial charge on any atom is 0.0648 e. The number of nitrogens with one attached hydrogen (secondary N) is 1. The SMILES string of the molecule is CC(C)NCC1CC1(C)c1cnccn1. The molecule has 1 saturated carbocycles. The van der Waals surface area contributed by atoms with Crippen molar-refractivity contribution in [2.75, 3.05) is 6.54 Å². The zero-order valence-electron chi connectivity index (χ0n) is 9.70. The van der Waals surface area contributed by atoms with E-state index in [0.717, 1.165) is 18.2 Å². The summed E-state index contributed by atoms with van der Waals surface area (Å²) in [4.78, 5) is 8.54. The van der Waals surface area contributed by atoms with E-state index >= 15 is 0 Å². The predicted octanol–water partition coefficient (Wildman–Crippen LogP) is 1.75. The largest absolute Gasteiger partial charge is 0.314 e. The first kappa shape index (κ1) is 10.6.